The Kier molecular flexibility index (Phi) is 4.00. The molecular weight excluding hydrogens is 296 g/mol. The van der Waals surface area contributed by atoms with Crippen molar-refractivity contribution in [2.24, 2.45) is 23.2 Å². The molecule has 3 nitrogen and oxygen atoms in total. The predicted octanol–water partition coefficient (Wildman–Crippen LogP) is 4.63. The number of nitriles is 1. The maximum absolute atomic E-state index is 9.70. The Morgan fingerprint density at radius 1 is 1.17 bits per heavy atom. The molecule has 1 atom stereocenters. The van der Waals surface area contributed by atoms with E-state index in [1.165, 1.54) is 38.5 Å². The molecule has 1 unspecified atom stereocenters. The summed E-state index contributed by atoms with van der Waals surface area (Å²) in [4.78, 5) is 0. The molecule has 4 saturated carbocycles. The van der Waals surface area contributed by atoms with E-state index in [0.29, 0.717) is 11.1 Å². The lowest BCUT2D eigenvalue weighted by Gasteiger charge is -2.57. The van der Waals surface area contributed by atoms with E-state index in [1.807, 2.05) is 30.3 Å². The van der Waals surface area contributed by atoms with Crippen LogP contribution in [0.2, 0.25) is 0 Å². The highest BCUT2D eigenvalue weighted by Gasteiger charge is 2.51. The second-order valence-corrected chi connectivity index (χ2v) is 8.36. The number of nitrogens with zero attached hydrogens (tertiary/aromatic N) is 1. The van der Waals surface area contributed by atoms with Crippen LogP contribution in [-0.4, -0.2) is 11.1 Å². The van der Waals surface area contributed by atoms with Crippen LogP contribution in [0, 0.1) is 34.5 Å². The monoisotopic (exact) mass is 322 g/mol. The number of hydrogen-bond acceptors (Lipinski definition) is 3. The zero-order chi connectivity index (χ0) is 16.6. The smallest absolute Gasteiger partial charge is 0.115 e. The van der Waals surface area contributed by atoms with Crippen molar-refractivity contribution in [3.63, 3.8) is 0 Å². The van der Waals surface area contributed by atoms with Gasteiger partial charge in [0.15, 0.2) is 0 Å². The molecule has 1 aromatic rings. The fraction of sp³-hybridized carbons (Fsp3) is 0.571. The first kappa shape index (κ1) is 15.6. The van der Waals surface area contributed by atoms with Crippen LogP contribution < -0.4 is 5.32 Å². The maximum Gasteiger partial charge on any atom is 0.115 e. The fourth-order valence-corrected chi connectivity index (χ4v) is 6.10. The van der Waals surface area contributed by atoms with E-state index in [1.54, 1.807) is 0 Å². The van der Waals surface area contributed by atoms with Gasteiger partial charge in [0, 0.05) is 5.56 Å². The Hall–Kier alpha value is -1.95. The molecule has 4 aliphatic rings. The molecule has 0 saturated heterocycles. The van der Waals surface area contributed by atoms with Crippen LogP contribution in [0.5, 0.6) is 0 Å². The van der Waals surface area contributed by atoms with Gasteiger partial charge in [-0.15, -0.1) is 0 Å². The summed E-state index contributed by atoms with van der Waals surface area (Å²) in [5.41, 5.74) is 1.93. The predicted molar refractivity (Wildman–Crippen MR) is 94.8 cm³/mol. The third-order valence-electron chi connectivity index (χ3n) is 6.50. The lowest BCUT2D eigenvalue weighted by molar-refractivity contribution is -0.0590. The normalized spacial score (nSPS) is 35.5. The molecule has 0 amide bonds. The molecule has 4 fully saturated rings. The van der Waals surface area contributed by atoms with Crippen LogP contribution in [0.15, 0.2) is 36.6 Å². The minimum absolute atomic E-state index is 0.236. The minimum atomic E-state index is -0.236. The van der Waals surface area contributed by atoms with Gasteiger partial charge in [0.05, 0.1) is 11.8 Å². The molecule has 0 spiro atoms. The van der Waals surface area contributed by atoms with Crippen molar-refractivity contribution in [1.29, 1.82) is 5.26 Å². The summed E-state index contributed by atoms with van der Waals surface area (Å²) in [5, 5.41) is 22.6. The first-order valence-electron chi connectivity index (χ1n) is 9.26. The van der Waals surface area contributed by atoms with Crippen molar-refractivity contribution in [3.8, 4) is 6.07 Å². The molecule has 126 valence electrons. The van der Waals surface area contributed by atoms with Gasteiger partial charge in [-0.05, 0) is 68.1 Å². The molecule has 3 heteroatoms. The molecule has 0 aromatic heterocycles. The number of benzene rings is 1. The van der Waals surface area contributed by atoms with E-state index in [0.717, 1.165) is 36.0 Å². The molecule has 2 N–H and O–H groups in total. The van der Waals surface area contributed by atoms with Crippen LogP contribution in [-0.2, 0) is 0 Å². The van der Waals surface area contributed by atoms with Gasteiger partial charge >= 0.3 is 0 Å². The standard InChI is InChI=1S/C21H26N2O/c22-13-19(23-20(14-24)18-4-2-1-3-5-18)12-21-9-15-6-16(10-21)8-17(7-15)11-21/h1-5,14-17,19,23-24H,6-12H2/b20-14+. The average Bonchev–Trinajstić information content (AvgIpc) is 2.58. The van der Waals surface area contributed by atoms with Gasteiger partial charge < -0.3 is 10.4 Å². The Balaban J connectivity index is 1.48. The average molecular weight is 322 g/mol. The van der Waals surface area contributed by atoms with Gasteiger partial charge in [-0.1, -0.05) is 30.3 Å². The quantitative estimate of drug-likeness (QED) is 0.777. The second kappa shape index (κ2) is 6.16. The van der Waals surface area contributed by atoms with Crippen molar-refractivity contribution in [2.45, 2.75) is 51.0 Å². The second-order valence-electron chi connectivity index (χ2n) is 8.36. The van der Waals surface area contributed by atoms with Crippen LogP contribution >= 0.6 is 0 Å². The van der Waals surface area contributed by atoms with Crippen LogP contribution in [0.1, 0.15) is 50.5 Å². The summed E-state index contributed by atoms with van der Waals surface area (Å²) in [6, 6.07) is 12.0. The van der Waals surface area contributed by atoms with E-state index in [-0.39, 0.29) is 6.04 Å². The van der Waals surface area contributed by atoms with Crippen molar-refractivity contribution in [2.75, 3.05) is 0 Å². The Morgan fingerprint density at radius 3 is 2.25 bits per heavy atom. The summed E-state index contributed by atoms with van der Waals surface area (Å²) >= 11 is 0. The van der Waals surface area contributed by atoms with Crippen molar-refractivity contribution in [1.82, 2.24) is 5.32 Å². The summed E-state index contributed by atoms with van der Waals surface area (Å²) in [7, 11) is 0. The highest BCUT2D eigenvalue weighted by Crippen LogP contribution is 2.61. The highest BCUT2D eigenvalue weighted by atomic mass is 16.2. The van der Waals surface area contributed by atoms with Gasteiger partial charge in [-0.25, -0.2) is 0 Å². The third-order valence-corrected chi connectivity index (χ3v) is 6.50. The number of rotatable bonds is 5. The van der Waals surface area contributed by atoms with Crippen molar-refractivity contribution >= 4 is 5.70 Å². The van der Waals surface area contributed by atoms with Gasteiger partial charge in [-0.2, -0.15) is 5.26 Å². The summed E-state index contributed by atoms with van der Waals surface area (Å²) in [6.07, 6.45) is 10.2. The maximum atomic E-state index is 9.70. The zero-order valence-corrected chi connectivity index (χ0v) is 14.1. The molecule has 1 aromatic carbocycles. The SMILES string of the molecule is N#CC(CC12CC3CC(CC(C3)C1)C2)N/C(=C/O)c1ccccc1. The number of aliphatic hydroxyl groups excluding tert-OH is 1. The Labute approximate surface area is 144 Å². The Morgan fingerprint density at radius 2 is 1.75 bits per heavy atom. The largest absolute Gasteiger partial charge is 0.513 e. The van der Waals surface area contributed by atoms with Crippen LogP contribution in [0.3, 0.4) is 0 Å². The number of hydrogen-bond donors (Lipinski definition) is 2. The molecule has 24 heavy (non-hydrogen) atoms. The minimum Gasteiger partial charge on any atom is -0.513 e. The lowest BCUT2D eigenvalue weighted by atomic mass is 9.48. The molecule has 0 heterocycles. The Bertz CT molecular complexity index is 623. The van der Waals surface area contributed by atoms with Crippen LogP contribution in [0.25, 0.3) is 5.70 Å². The number of nitrogens with one attached hydrogen (secondary N) is 1. The zero-order valence-electron chi connectivity index (χ0n) is 14.1. The molecule has 4 aliphatic carbocycles. The summed E-state index contributed by atoms with van der Waals surface area (Å²) in [5.74, 6) is 2.70. The topological polar surface area (TPSA) is 56.0 Å². The van der Waals surface area contributed by atoms with Gasteiger partial charge in [0.25, 0.3) is 0 Å². The third kappa shape index (κ3) is 2.90. The summed E-state index contributed by atoms with van der Waals surface area (Å²) in [6.45, 7) is 0. The molecular formula is C21H26N2O. The van der Waals surface area contributed by atoms with Crippen molar-refractivity contribution < 1.29 is 5.11 Å². The fourth-order valence-electron chi connectivity index (χ4n) is 6.10. The van der Waals surface area contributed by atoms with E-state index in [4.69, 9.17) is 0 Å². The van der Waals surface area contributed by atoms with Gasteiger partial charge in [-0.3, -0.25) is 0 Å². The number of aliphatic hydroxyl groups is 1. The highest BCUT2D eigenvalue weighted by molar-refractivity contribution is 5.63. The van der Waals surface area contributed by atoms with E-state index >= 15 is 0 Å². The first-order chi connectivity index (χ1) is 11.7. The van der Waals surface area contributed by atoms with Gasteiger partial charge in [0.2, 0.25) is 0 Å². The molecule has 5 rings (SSSR count). The molecule has 4 bridgehead atoms. The van der Waals surface area contributed by atoms with Crippen LogP contribution in [0.4, 0.5) is 0 Å². The molecule has 0 radical (unpaired) electrons. The first-order valence-corrected chi connectivity index (χ1v) is 9.26. The van der Waals surface area contributed by atoms with E-state index in [2.05, 4.69) is 11.4 Å². The van der Waals surface area contributed by atoms with Crippen molar-refractivity contribution in [3.05, 3.63) is 42.2 Å². The van der Waals surface area contributed by atoms with Gasteiger partial charge in [0.1, 0.15) is 12.3 Å². The lowest BCUT2D eigenvalue weighted by Crippen LogP contribution is -2.48. The van der Waals surface area contributed by atoms with E-state index < -0.39 is 0 Å². The van der Waals surface area contributed by atoms with E-state index in [9.17, 15) is 10.4 Å². The summed E-state index contributed by atoms with van der Waals surface area (Å²) < 4.78 is 0. The molecule has 0 aliphatic heterocycles.